The van der Waals surface area contributed by atoms with Crippen molar-refractivity contribution in [2.45, 2.75) is 84.0 Å². The summed E-state index contributed by atoms with van der Waals surface area (Å²) in [5, 5.41) is 0. The van der Waals surface area contributed by atoms with Gasteiger partial charge in [-0.1, -0.05) is 64.4 Å². The molecule has 0 atom stereocenters. The molecule has 1 amide bonds. The summed E-state index contributed by atoms with van der Waals surface area (Å²) < 4.78 is 0. The van der Waals surface area contributed by atoms with Gasteiger partial charge in [0, 0.05) is 13.1 Å². The number of amides is 1. The summed E-state index contributed by atoms with van der Waals surface area (Å²) in [7, 11) is 0. The molecule has 0 aromatic carbocycles. The number of hydrogen-bond donors (Lipinski definition) is 0. The first-order valence-electron chi connectivity index (χ1n) is 8.80. The van der Waals surface area contributed by atoms with Crippen molar-refractivity contribution in [3.63, 3.8) is 0 Å². The van der Waals surface area contributed by atoms with Crippen molar-refractivity contribution in [1.29, 1.82) is 0 Å². The van der Waals surface area contributed by atoms with Gasteiger partial charge in [-0.2, -0.15) is 0 Å². The van der Waals surface area contributed by atoms with E-state index < -0.39 is 0 Å². The first-order chi connectivity index (χ1) is 9.84. The monoisotopic (exact) mass is 279 g/mol. The summed E-state index contributed by atoms with van der Waals surface area (Å²) in [6.07, 6.45) is 19.6. The molecule has 1 fully saturated rings. The van der Waals surface area contributed by atoms with Gasteiger partial charge < -0.3 is 4.90 Å². The van der Waals surface area contributed by atoms with Gasteiger partial charge in [-0.15, -0.1) is 0 Å². The molecule has 0 aromatic heterocycles. The predicted molar refractivity (Wildman–Crippen MR) is 86.8 cm³/mol. The molecule has 116 valence electrons. The summed E-state index contributed by atoms with van der Waals surface area (Å²) in [5.74, 6) is 0.221. The maximum atomic E-state index is 11.7. The number of carbonyl (C=O) groups excluding carboxylic acids is 1. The molecule has 0 spiro atoms. The molecule has 0 aliphatic carbocycles. The van der Waals surface area contributed by atoms with Gasteiger partial charge in [-0.05, 0) is 31.8 Å². The first-order valence-corrected chi connectivity index (χ1v) is 8.80. The number of nitrogens with zero attached hydrogens (tertiary/aromatic N) is 1. The Bertz CT molecular complexity index is 267. The fraction of sp³-hybridized carbons (Fsp3) is 0.833. The molecule has 0 saturated carbocycles. The second-order valence-corrected chi connectivity index (χ2v) is 6.05. The lowest BCUT2D eigenvalue weighted by atomic mass is 10.1. The quantitative estimate of drug-likeness (QED) is 0.381. The highest BCUT2D eigenvalue weighted by molar-refractivity contribution is 5.87. The maximum Gasteiger partial charge on any atom is 0.246 e. The van der Waals surface area contributed by atoms with Crippen LogP contribution in [0.25, 0.3) is 0 Å². The lowest BCUT2D eigenvalue weighted by Gasteiger charge is -2.11. The Morgan fingerprint density at radius 3 is 2.05 bits per heavy atom. The van der Waals surface area contributed by atoms with Crippen molar-refractivity contribution in [2.75, 3.05) is 13.1 Å². The summed E-state index contributed by atoms with van der Waals surface area (Å²) in [4.78, 5) is 13.7. The van der Waals surface area contributed by atoms with Gasteiger partial charge in [0.2, 0.25) is 5.91 Å². The predicted octanol–water partition coefficient (Wildman–Crippen LogP) is 5.09. The summed E-state index contributed by atoms with van der Waals surface area (Å²) >= 11 is 0. The van der Waals surface area contributed by atoms with Crippen molar-refractivity contribution in [2.24, 2.45) is 0 Å². The second-order valence-electron chi connectivity index (χ2n) is 6.05. The van der Waals surface area contributed by atoms with Crippen LogP contribution in [0, 0.1) is 0 Å². The van der Waals surface area contributed by atoms with E-state index in [0.717, 1.165) is 19.5 Å². The van der Waals surface area contributed by atoms with Gasteiger partial charge in [-0.3, -0.25) is 4.79 Å². The van der Waals surface area contributed by atoms with E-state index >= 15 is 0 Å². The normalized spacial score (nSPS) is 15.3. The third-order valence-corrected chi connectivity index (χ3v) is 4.15. The molecule has 1 heterocycles. The van der Waals surface area contributed by atoms with E-state index in [0.29, 0.717) is 0 Å². The third-order valence-electron chi connectivity index (χ3n) is 4.15. The van der Waals surface area contributed by atoms with E-state index in [1.807, 2.05) is 4.90 Å². The molecule has 0 N–H and O–H groups in total. The smallest absolute Gasteiger partial charge is 0.246 e. The Morgan fingerprint density at radius 2 is 1.45 bits per heavy atom. The van der Waals surface area contributed by atoms with Gasteiger partial charge >= 0.3 is 0 Å². The third kappa shape index (κ3) is 8.39. The number of likely N-dealkylation sites (tertiary alicyclic amines) is 1. The van der Waals surface area contributed by atoms with Gasteiger partial charge in [0.05, 0.1) is 0 Å². The van der Waals surface area contributed by atoms with Crippen molar-refractivity contribution in [1.82, 2.24) is 4.90 Å². The fourth-order valence-corrected chi connectivity index (χ4v) is 2.80. The van der Waals surface area contributed by atoms with Crippen LogP contribution in [0.15, 0.2) is 12.2 Å². The SMILES string of the molecule is CCCCCCCCCCC/C=C/C(=O)N1CCCC1. The van der Waals surface area contributed by atoms with Gasteiger partial charge in [0.1, 0.15) is 0 Å². The Morgan fingerprint density at radius 1 is 0.900 bits per heavy atom. The zero-order chi connectivity index (χ0) is 14.5. The average Bonchev–Trinajstić information content (AvgIpc) is 2.99. The van der Waals surface area contributed by atoms with Gasteiger partial charge in [-0.25, -0.2) is 0 Å². The van der Waals surface area contributed by atoms with Crippen LogP contribution in [-0.4, -0.2) is 23.9 Å². The molecule has 0 unspecified atom stereocenters. The zero-order valence-corrected chi connectivity index (χ0v) is 13.4. The summed E-state index contributed by atoms with van der Waals surface area (Å²) in [6, 6.07) is 0. The van der Waals surface area contributed by atoms with Crippen LogP contribution in [0.3, 0.4) is 0 Å². The standard InChI is InChI=1S/C18H33NO/c1-2-3-4-5-6-7-8-9-10-11-12-15-18(20)19-16-13-14-17-19/h12,15H,2-11,13-14,16-17H2,1H3/b15-12+. The van der Waals surface area contributed by atoms with Crippen LogP contribution < -0.4 is 0 Å². The Labute approximate surface area is 125 Å². The Balaban J connectivity index is 1.85. The summed E-state index contributed by atoms with van der Waals surface area (Å²) in [6.45, 7) is 4.18. The largest absolute Gasteiger partial charge is 0.339 e. The second kappa shape index (κ2) is 12.0. The zero-order valence-electron chi connectivity index (χ0n) is 13.4. The molecule has 0 radical (unpaired) electrons. The molecule has 2 heteroatoms. The molecule has 1 saturated heterocycles. The van der Waals surface area contributed by atoms with Crippen LogP contribution in [0.1, 0.15) is 84.0 Å². The maximum absolute atomic E-state index is 11.7. The molecule has 1 aliphatic rings. The Kier molecular flexibility index (Phi) is 10.3. The van der Waals surface area contributed by atoms with Gasteiger partial charge in [0.15, 0.2) is 0 Å². The lowest BCUT2D eigenvalue weighted by Crippen LogP contribution is -2.25. The first kappa shape index (κ1) is 17.3. The molecular formula is C18H33NO. The minimum Gasteiger partial charge on any atom is -0.339 e. The van der Waals surface area contributed by atoms with E-state index in [4.69, 9.17) is 0 Å². The van der Waals surface area contributed by atoms with E-state index in [9.17, 15) is 4.79 Å². The highest BCUT2D eigenvalue weighted by Crippen LogP contribution is 2.11. The number of allylic oxidation sites excluding steroid dienone is 1. The van der Waals surface area contributed by atoms with Crippen LogP contribution in [0.2, 0.25) is 0 Å². The van der Waals surface area contributed by atoms with Crippen molar-refractivity contribution in [3.8, 4) is 0 Å². The highest BCUT2D eigenvalue weighted by Gasteiger charge is 2.14. The molecule has 2 nitrogen and oxygen atoms in total. The van der Waals surface area contributed by atoms with Crippen molar-refractivity contribution < 1.29 is 4.79 Å². The van der Waals surface area contributed by atoms with Gasteiger partial charge in [0.25, 0.3) is 0 Å². The van der Waals surface area contributed by atoms with Crippen LogP contribution in [0.4, 0.5) is 0 Å². The fourth-order valence-electron chi connectivity index (χ4n) is 2.80. The van der Waals surface area contributed by atoms with Crippen LogP contribution >= 0.6 is 0 Å². The summed E-state index contributed by atoms with van der Waals surface area (Å²) in [5.41, 5.74) is 0. The lowest BCUT2D eigenvalue weighted by molar-refractivity contribution is -0.125. The molecular weight excluding hydrogens is 246 g/mol. The minimum atomic E-state index is 0.221. The molecule has 20 heavy (non-hydrogen) atoms. The molecule has 0 aromatic rings. The van der Waals surface area contributed by atoms with E-state index in [1.165, 1.54) is 70.6 Å². The minimum absolute atomic E-state index is 0.221. The van der Waals surface area contributed by atoms with E-state index in [-0.39, 0.29) is 5.91 Å². The topological polar surface area (TPSA) is 20.3 Å². The highest BCUT2D eigenvalue weighted by atomic mass is 16.2. The number of unbranched alkanes of at least 4 members (excludes halogenated alkanes) is 9. The molecule has 1 rings (SSSR count). The molecule has 1 aliphatic heterocycles. The van der Waals surface area contributed by atoms with Crippen LogP contribution in [0.5, 0.6) is 0 Å². The number of carbonyl (C=O) groups is 1. The number of rotatable bonds is 11. The van der Waals surface area contributed by atoms with E-state index in [1.54, 1.807) is 6.08 Å². The van der Waals surface area contributed by atoms with Crippen molar-refractivity contribution in [3.05, 3.63) is 12.2 Å². The van der Waals surface area contributed by atoms with Crippen molar-refractivity contribution >= 4 is 5.91 Å². The van der Waals surface area contributed by atoms with Crippen LogP contribution in [-0.2, 0) is 4.79 Å². The van der Waals surface area contributed by atoms with E-state index in [2.05, 4.69) is 13.0 Å². The number of hydrogen-bond acceptors (Lipinski definition) is 1. The Hall–Kier alpha value is -0.790. The average molecular weight is 279 g/mol. The molecule has 0 bridgehead atoms.